The molecule has 2 heterocycles. The van der Waals surface area contributed by atoms with Crippen molar-refractivity contribution in [1.82, 2.24) is 9.78 Å². The monoisotopic (exact) mass is 368 g/mol. The Morgan fingerprint density at radius 1 is 1.15 bits per heavy atom. The molecule has 1 unspecified atom stereocenters. The molecular formula is C23H36N4. The molecule has 3 rings (SSSR count). The lowest BCUT2D eigenvalue weighted by molar-refractivity contribution is 0.511. The second-order valence-corrected chi connectivity index (χ2v) is 8.23. The normalized spacial score (nSPS) is 15.1. The highest BCUT2D eigenvalue weighted by Crippen LogP contribution is 2.41. The summed E-state index contributed by atoms with van der Waals surface area (Å²) in [5.41, 5.74) is 14.2. The summed E-state index contributed by atoms with van der Waals surface area (Å²) in [5, 5.41) is 5.03. The highest BCUT2D eigenvalue weighted by atomic mass is 15.4. The predicted molar refractivity (Wildman–Crippen MR) is 115 cm³/mol. The number of rotatable bonds is 7. The van der Waals surface area contributed by atoms with Gasteiger partial charge in [0.15, 0.2) is 5.82 Å². The van der Waals surface area contributed by atoms with Crippen LogP contribution in [0.15, 0.2) is 12.1 Å². The van der Waals surface area contributed by atoms with Gasteiger partial charge >= 0.3 is 0 Å². The predicted octanol–water partition coefficient (Wildman–Crippen LogP) is 5.05. The maximum Gasteiger partial charge on any atom is 0.158 e. The van der Waals surface area contributed by atoms with Crippen LogP contribution in [0.1, 0.15) is 72.9 Å². The Bertz CT molecular complexity index is 767. The zero-order chi connectivity index (χ0) is 19.6. The van der Waals surface area contributed by atoms with Gasteiger partial charge in [0.05, 0.1) is 0 Å². The number of aryl methyl sites for hydroxylation is 4. The van der Waals surface area contributed by atoms with Gasteiger partial charge in [0.25, 0.3) is 0 Å². The summed E-state index contributed by atoms with van der Waals surface area (Å²) >= 11 is 0. The number of nitrogens with two attached hydrogens (primary N) is 1. The second-order valence-electron chi connectivity index (χ2n) is 8.23. The van der Waals surface area contributed by atoms with Crippen LogP contribution in [0.25, 0.3) is 0 Å². The van der Waals surface area contributed by atoms with Crippen molar-refractivity contribution in [2.75, 3.05) is 18.0 Å². The van der Waals surface area contributed by atoms with Crippen molar-refractivity contribution in [3.8, 4) is 0 Å². The highest BCUT2D eigenvalue weighted by molar-refractivity contribution is 5.71. The Morgan fingerprint density at radius 2 is 1.85 bits per heavy atom. The SMILES string of the molecule is CCCCC(CCN)c1c2c(nn1C)N(c1c(C)cc(C)cc1C)CCC2. The first-order valence-corrected chi connectivity index (χ1v) is 10.6. The molecule has 0 fully saturated rings. The lowest BCUT2D eigenvalue weighted by Gasteiger charge is -2.31. The van der Waals surface area contributed by atoms with E-state index in [1.165, 1.54) is 65.1 Å². The van der Waals surface area contributed by atoms with Crippen molar-refractivity contribution in [2.24, 2.45) is 12.8 Å². The van der Waals surface area contributed by atoms with E-state index in [9.17, 15) is 0 Å². The van der Waals surface area contributed by atoms with Crippen LogP contribution in [-0.4, -0.2) is 22.9 Å². The molecule has 148 valence electrons. The van der Waals surface area contributed by atoms with Crippen LogP contribution in [0.2, 0.25) is 0 Å². The molecule has 4 heteroatoms. The maximum absolute atomic E-state index is 5.97. The van der Waals surface area contributed by atoms with Gasteiger partial charge in [-0.1, -0.05) is 37.5 Å². The summed E-state index contributed by atoms with van der Waals surface area (Å²) in [7, 11) is 2.12. The molecule has 1 atom stereocenters. The lowest BCUT2D eigenvalue weighted by atomic mass is 9.89. The first kappa shape index (κ1) is 19.9. The molecule has 1 aromatic carbocycles. The average molecular weight is 369 g/mol. The molecule has 0 saturated heterocycles. The van der Waals surface area contributed by atoms with E-state index in [1.54, 1.807) is 0 Å². The van der Waals surface area contributed by atoms with Gasteiger partial charge in [0.1, 0.15) is 0 Å². The molecule has 1 aromatic heterocycles. The second kappa shape index (κ2) is 8.47. The van der Waals surface area contributed by atoms with Crippen LogP contribution in [0, 0.1) is 20.8 Å². The number of nitrogens with zero attached hydrogens (tertiary/aromatic N) is 3. The van der Waals surface area contributed by atoms with Crippen LogP contribution in [0.4, 0.5) is 11.5 Å². The van der Waals surface area contributed by atoms with Crippen LogP contribution in [0.5, 0.6) is 0 Å². The van der Waals surface area contributed by atoms with E-state index in [0.29, 0.717) is 5.92 Å². The van der Waals surface area contributed by atoms with Gasteiger partial charge in [0, 0.05) is 36.5 Å². The molecule has 27 heavy (non-hydrogen) atoms. The van der Waals surface area contributed by atoms with E-state index in [4.69, 9.17) is 10.8 Å². The van der Waals surface area contributed by atoms with E-state index in [-0.39, 0.29) is 0 Å². The fourth-order valence-corrected chi connectivity index (χ4v) is 4.94. The lowest BCUT2D eigenvalue weighted by Crippen LogP contribution is -2.26. The fourth-order valence-electron chi connectivity index (χ4n) is 4.94. The van der Waals surface area contributed by atoms with Gasteiger partial charge in [0.2, 0.25) is 0 Å². The van der Waals surface area contributed by atoms with Crippen LogP contribution < -0.4 is 10.6 Å². The van der Waals surface area contributed by atoms with Gasteiger partial charge < -0.3 is 10.6 Å². The van der Waals surface area contributed by atoms with Crippen molar-refractivity contribution in [2.45, 2.75) is 72.1 Å². The van der Waals surface area contributed by atoms with Gasteiger partial charge in [-0.2, -0.15) is 5.10 Å². The molecule has 2 aromatic rings. The number of hydrogen-bond acceptors (Lipinski definition) is 3. The first-order valence-electron chi connectivity index (χ1n) is 10.6. The third kappa shape index (κ3) is 3.91. The van der Waals surface area contributed by atoms with Gasteiger partial charge in [-0.3, -0.25) is 4.68 Å². The first-order chi connectivity index (χ1) is 13.0. The van der Waals surface area contributed by atoms with Gasteiger partial charge in [-0.25, -0.2) is 0 Å². The zero-order valence-electron chi connectivity index (χ0n) is 17.8. The third-order valence-electron chi connectivity index (χ3n) is 5.95. The van der Waals surface area contributed by atoms with E-state index in [1.807, 2.05) is 0 Å². The fraction of sp³-hybridized carbons (Fsp3) is 0.609. The number of anilines is 2. The Labute approximate surface area is 164 Å². The van der Waals surface area contributed by atoms with Crippen LogP contribution >= 0.6 is 0 Å². The summed E-state index contributed by atoms with van der Waals surface area (Å²) in [6.07, 6.45) is 7.06. The van der Waals surface area contributed by atoms with Gasteiger partial charge in [-0.05, 0) is 64.1 Å². The molecular weight excluding hydrogens is 332 g/mol. The number of unbranched alkanes of at least 4 members (excludes halogenated alkanes) is 1. The summed E-state index contributed by atoms with van der Waals surface area (Å²) in [6, 6.07) is 4.58. The topological polar surface area (TPSA) is 47.1 Å². The molecule has 0 amide bonds. The molecule has 4 nitrogen and oxygen atoms in total. The summed E-state index contributed by atoms with van der Waals surface area (Å²) in [5.74, 6) is 1.70. The molecule has 0 spiro atoms. The van der Waals surface area contributed by atoms with E-state index in [0.717, 1.165) is 25.9 Å². The van der Waals surface area contributed by atoms with Crippen molar-refractivity contribution < 1.29 is 0 Å². The van der Waals surface area contributed by atoms with Crippen molar-refractivity contribution >= 4 is 11.5 Å². The molecule has 1 aliphatic rings. The smallest absolute Gasteiger partial charge is 0.158 e. The van der Waals surface area contributed by atoms with E-state index >= 15 is 0 Å². The Kier molecular flexibility index (Phi) is 6.25. The summed E-state index contributed by atoms with van der Waals surface area (Å²) in [4.78, 5) is 2.46. The Balaban J connectivity index is 2.05. The number of benzene rings is 1. The number of hydrogen-bond donors (Lipinski definition) is 1. The Hall–Kier alpha value is -1.81. The zero-order valence-corrected chi connectivity index (χ0v) is 17.8. The number of aromatic nitrogens is 2. The molecule has 0 aliphatic carbocycles. The van der Waals surface area contributed by atoms with E-state index < -0.39 is 0 Å². The van der Waals surface area contributed by atoms with E-state index in [2.05, 4.69) is 56.5 Å². The van der Waals surface area contributed by atoms with Crippen LogP contribution in [-0.2, 0) is 13.5 Å². The minimum absolute atomic E-state index is 0.524. The maximum atomic E-state index is 5.97. The standard InChI is InChI=1S/C23H36N4/c1-6-7-9-19(11-12-24)22-20-10-8-13-27(23(20)25-26(22)5)21-17(3)14-16(2)15-18(21)4/h14-15,19H,6-13,24H2,1-5H3. The highest BCUT2D eigenvalue weighted by Gasteiger charge is 2.30. The van der Waals surface area contributed by atoms with Crippen molar-refractivity contribution in [3.63, 3.8) is 0 Å². The largest absolute Gasteiger partial charge is 0.330 e. The van der Waals surface area contributed by atoms with Crippen molar-refractivity contribution in [1.29, 1.82) is 0 Å². The quantitative estimate of drug-likeness (QED) is 0.744. The molecule has 2 N–H and O–H groups in total. The summed E-state index contributed by atoms with van der Waals surface area (Å²) < 4.78 is 2.15. The third-order valence-corrected chi connectivity index (χ3v) is 5.95. The Morgan fingerprint density at radius 3 is 2.48 bits per heavy atom. The minimum Gasteiger partial charge on any atom is -0.330 e. The average Bonchev–Trinajstić information content (AvgIpc) is 2.94. The minimum atomic E-state index is 0.524. The molecule has 0 saturated carbocycles. The van der Waals surface area contributed by atoms with Gasteiger partial charge in [-0.15, -0.1) is 0 Å². The number of fused-ring (bicyclic) bond motifs is 1. The van der Waals surface area contributed by atoms with Crippen molar-refractivity contribution in [3.05, 3.63) is 40.1 Å². The molecule has 1 aliphatic heterocycles. The summed E-state index contributed by atoms with van der Waals surface area (Å²) in [6.45, 7) is 10.7. The molecule has 0 radical (unpaired) electrons. The van der Waals surface area contributed by atoms with Crippen LogP contribution in [0.3, 0.4) is 0 Å². The molecule has 0 bridgehead atoms.